The first-order valence-corrected chi connectivity index (χ1v) is 5.84. The molecule has 4 nitrogen and oxygen atoms in total. The molecule has 17 heavy (non-hydrogen) atoms. The number of benzene rings is 1. The summed E-state index contributed by atoms with van der Waals surface area (Å²) in [4.78, 5) is 0. The van der Waals surface area contributed by atoms with Crippen LogP contribution in [0.3, 0.4) is 0 Å². The van der Waals surface area contributed by atoms with E-state index in [2.05, 4.69) is 0 Å². The van der Waals surface area contributed by atoms with E-state index in [1.807, 2.05) is 30.3 Å². The molecule has 1 aromatic carbocycles. The zero-order valence-corrected chi connectivity index (χ0v) is 9.75. The standard InChI is InChI=1S/C13H18O4/c14-6-12-9-17-13(10-16-12)8-15-7-11-4-2-1-3-5-11/h1-5,12-14H,6-10H2/t12-,13+/m0/s1. The molecule has 0 radical (unpaired) electrons. The Kier molecular flexibility index (Phi) is 4.94. The van der Waals surface area contributed by atoms with Crippen LogP contribution in [0.2, 0.25) is 0 Å². The van der Waals surface area contributed by atoms with Crippen LogP contribution >= 0.6 is 0 Å². The molecule has 0 amide bonds. The molecule has 94 valence electrons. The molecule has 0 aromatic heterocycles. The van der Waals surface area contributed by atoms with Gasteiger partial charge in [0.05, 0.1) is 33.0 Å². The number of hydrogen-bond acceptors (Lipinski definition) is 4. The molecule has 1 saturated heterocycles. The maximum absolute atomic E-state index is 8.87. The Hall–Kier alpha value is -0.940. The third-order valence-electron chi connectivity index (χ3n) is 2.65. The van der Waals surface area contributed by atoms with Gasteiger partial charge in [-0.15, -0.1) is 0 Å². The lowest BCUT2D eigenvalue weighted by molar-refractivity contribution is -0.162. The van der Waals surface area contributed by atoms with Crippen molar-refractivity contribution in [3.63, 3.8) is 0 Å². The van der Waals surface area contributed by atoms with Crippen LogP contribution in [-0.4, -0.2) is 43.7 Å². The summed E-state index contributed by atoms with van der Waals surface area (Å²) in [6.45, 7) is 2.05. The first-order chi connectivity index (χ1) is 8.38. The molecule has 2 rings (SSSR count). The minimum Gasteiger partial charge on any atom is -0.394 e. The highest BCUT2D eigenvalue weighted by Gasteiger charge is 2.21. The molecular weight excluding hydrogens is 220 g/mol. The van der Waals surface area contributed by atoms with Gasteiger partial charge in [-0.1, -0.05) is 30.3 Å². The lowest BCUT2D eigenvalue weighted by Crippen LogP contribution is -2.39. The van der Waals surface area contributed by atoms with Gasteiger partial charge in [0.1, 0.15) is 12.2 Å². The van der Waals surface area contributed by atoms with Crippen molar-refractivity contribution in [2.45, 2.75) is 18.8 Å². The topological polar surface area (TPSA) is 47.9 Å². The second-order valence-corrected chi connectivity index (χ2v) is 4.09. The second-order valence-electron chi connectivity index (χ2n) is 4.09. The Bertz CT molecular complexity index is 306. The Morgan fingerprint density at radius 2 is 1.82 bits per heavy atom. The summed E-state index contributed by atoms with van der Waals surface area (Å²) in [5.74, 6) is 0. The van der Waals surface area contributed by atoms with Crippen molar-refractivity contribution >= 4 is 0 Å². The van der Waals surface area contributed by atoms with E-state index in [0.717, 1.165) is 5.56 Å². The zero-order valence-electron chi connectivity index (χ0n) is 9.75. The Balaban J connectivity index is 1.63. The van der Waals surface area contributed by atoms with Crippen LogP contribution in [0.25, 0.3) is 0 Å². The van der Waals surface area contributed by atoms with Gasteiger partial charge in [-0.2, -0.15) is 0 Å². The van der Waals surface area contributed by atoms with E-state index in [9.17, 15) is 0 Å². The number of rotatable bonds is 5. The van der Waals surface area contributed by atoms with Gasteiger partial charge in [0, 0.05) is 0 Å². The van der Waals surface area contributed by atoms with Gasteiger partial charge < -0.3 is 19.3 Å². The van der Waals surface area contributed by atoms with Crippen molar-refractivity contribution in [2.75, 3.05) is 26.4 Å². The largest absolute Gasteiger partial charge is 0.394 e. The zero-order chi connectivity index (χ0) is 11.9. The van der Waals surface area contributed by atoms with Gasteiger partial charge >= 0.3 is 0 Å². The van der Waals surface area contributed by atoms with Gasteiger partial charge in [0.2, 0.25) is 0 Å². The van der Waals surface area contributed by atoms with E-state index < -0.39 is 0 Å². The lowest BCUT2D eigenvalue weighted by Gasteiger charge is -2.28. The van der Waals surface area contributed by atoms with Gasteiger partial charge in [-0.3, -0.25) is 0 Å². The van der Waals surface area contributed by atoms with E-state index in [0.29, 0.717) is 26.4 Å². The molecular formula is C13H18O4. The van der Waals surface area contributed by atoms with Crippen LogP contribution in [0.5, 0.6) is 0 Å². The molecule has 2 atom stereocenters. The van der Waals surface area contributed by atoms with Crippen LogP contribution in [0, 0.1) is 0 Å². The minimum atomic E-state index is -0.180. The smallest absolute Gasteiger partial charge is 0.104 e. The van der Waals surface area contributed by atoms with Crippen LogP contribution in [-0.2, 0) is 20.8 Å². The molecule has 1 N–H and O–H groups in total. The summed E-state index contributed by atoms with van der Waals surface area (Å²) in [7, 11) is 0. The highest BCUT2D eigenvalue weighted by molar-refractivity contribution is 5.13. The van der Waals surface area contributed by atoms with E-state index in [1.165, 1.54) is 0 Å². The first kappa shape index (κ1) is 12.5. The highest BCUT2D eigenvalue weighted by atomic mass is 16.6. The van der Waals surface area contributed by atoms with E-state index in [1.54, 1.807) is 0 Å². The third kappa shape index (κ3) is 4.09. The molecule has 0 aliphatic carbocycles. The predicted molar refractivity (Wildman–Crippen MR) is 62.7 cm³/mol. The van der Waals surface area contributed by atoms with Gasteiger partial charge in [0.15, 0.2) is 0 Å². The number of ether oxygens (including phenoxy) is 3. The molecule has 1 heterocycles. The molecule has 0 spiro atoms. The minimum absolute atomic E-state index is 0.0115. The molecule has 1 fully saturated rings. The van der Waals surface area contributed by atoms with Gasteiger partial charge in [-0.05, 0) is 5.56 Å². The van der Waals surface area contributed by atoms with Crippen LogP contribution in [0.1, 0.15) is 5.56 Å². The Labute approximate surface area is 101 Å². The maximum Gasteiger partial charge on any atom is 0.104 e. The van der Waals surface area contributed by atoms with Crippen molar-refractivity contribution in [1.82, 2.24) is 0 Å². The Morgan fingerprint density at radius 1 is 1.12 bits per heavy atom. The summed E-state index contributed by atoms with van der Waals surface area (Å²) in [6.07, 6.45) is -0.207. The summed E-state index contributed by atoms with van der Waals surface area (Å²) >= 11 is 0. The van der Waals surface area contributed by atoms with Crippen molar-refractivity contribution in [2.24, 2.45) is 0 Å². The average Bonchev–Trinajstić information content (AvgIpc) is 2.41. The predicted octanol–water partition coefficient (Wildman–Crippen LogP) is 0.979. The van der Waals surface area contributed by atoms with E-state index >= 15 is 0 Å². The fourth-order valence-electron chi connectivity index (χ4n) is 1.67. The Morgan fingerprint density at radius 3 is 2.47 bits per heavy atom. The quantitative estimate of drug-likeness (QED) is 0.830. The van der Waals surface area contributed by atoms with Crippen molar-refractivity contribution in [3.8, 4) is 0 Å². The third-order valence-corrected chi connectivity index (χ3v) is 2.65. The summed E-state index contributed by atoms with van der Waals surface area (Å²) in [5, 5.41) is 8.87. The first-order valence-electron chi connectivity index (χ1n) is 5.84. The van der Waals surface area contributed by atoms with Crippen molar-refractivity contribution in [1.29, 1.82) is 0 Å². The highest BCUT2D eigenvalue weighted by Crippen LogP contribution is 2.08. The second kappa shape index (κ2) is 6.71. The van der Waals surface area contributed by atoms with Crippen LogP contribution in [0.15, 0.2) is 30.3 Å². The monoisotopic (exact) mass is 238 g/mol. The SMILES string of the molecule is OC[C@H]1CO[C@H](COCc2ccccc2)CO1. The molecule has 1 aliphatic heterocycles. The van der Waals surface area contributed by atoms with Crippen molar-refractivity contribution in [3.05, 3.63) is 35.9 Å². The van der Waals surface area contributed by atoms with Gasteiger partial charge in [0.25, 0.3) is 0 Å². The number of hydrogen-bond donors (Lipinski definition) is 1. The molecule has 0 unspecified atom stereocenters. The molecule has 0 saturated carbocycles. The molecule has 1 aromatic rings. The number of aliphatic hydroxyl groups excluding tert-OH is 1. The summed E-state index contributed by atoms with van der Waals surface area (Å²) < 4.78 is 16.5. The van der Waals surface area contributed by atoms with Crippen LogP contribution in [0.4, 0.5) is 0 Å². The number of aliphatic hydroxyl groups is 1. The van der Waals surface area contributed by atoms with E-state index in [-0.39, 0.29) is 18.8 Å². The summed E-state index contributed by atoms with van der Waals surface area (Å²) in [6, 6.07) is 10.0. The molecule has 4 heteroatoms. The molecule has 0 bridgehead atoms. The fraction of sp³-hybridized carbons (Fsp3) is 0.538. The van der Waals surface area contributed by atoms with Crippen molar-refractivity contribution < 1.29 is 19.3 Å². The summed E-state index contributed by atoms with van der Waals surface area (Å²) in [5.41, 5.74) is 1.15. The maximum atomic E-state index is 8.87. The normalized spacial score (nSPS) is 24.8. The average molecular weight is 238 g/mol. The van der Waals surface area contributed by atoms with E-state index in [4.69, 9.17) is 19.3 Å². The molecule has 1 aliphatic rings. The van der Waals surface area contributed by atoms with Crippen LogP contribution < -0.4 is 0 Å². The fourth-order valence-corrected chi connectivity index (χ4v) is 1.67. The van der Waals surface area contributed by atoms with Gasteiger partial charge in [-0.25, -0.2) is 0 Å². The lowest BCUT2D eigenvalue weighted by atomic mass is 10.2.